The predicted octanol–water partition coefficient (Wildman–Crippen LogP) is 2.35. The van der Waals surface area contributed by atoms with Crippen LogP contribution in [-0.4, -0.2) is 15.1 Å². The summed E-state index contributed by atoms with van der Waals surface area (Å²) >= 11 is 5.69. The number of aliphatic hydroxyl groups excluding tert-OH is 1. The largest absolute Gasteiger partial charge is 0.382 e. The second-order valence-electron chi connectivity index (χ2n) is 3.24. The van der Waals surface area contributed by atoms with Crippen LogP contribution in [0.1, 0.15) is 17.4 Å². The quantitative estimate of drug-likeness (QED) is 0.874. The molecule has 3 nitrogen and oxygen atoms in total. The van der Waals surface area contributed by atoms with E-state index in [0.717, 1.165) is 0 Å². The monoisotopic (exact) mass is 238 g/mol. The van der Waals surface area contributed by atoms with Crippen LogP contribution in [0, 0.1) is 5.82 Å². The van der Waals surface area contributed by atoms with Crippen molar-refractivity contribution in [3.05, 3.63) is 58.9 Å². The van der Waals surface area contributed by atoms with E-state index < -0.39 is 11.9 Å². The average molecular weight is 239 g/mol. The van der Waals surface area contributed by atoms with Crippen LogP contribution in [-0.2, 0) is 0 Å². The number of aliphatic hydroxyl groups is 1. The maximum atomic E-state index is 13.1. The molecular weight excluding hydrogens is 231 g/mol. The fraction of sp³-hybridized carbons (Fsp3) is 0.0909. The van der Waals surface area contributed by atoms with Crippen molar-refractivity contribution in [3.63, 3.8) is 0 Å². The maximum absolute atomic E-state index is 13.1. The van der Waals surface area contributed by atoms with Crippen LogP contribution in [0.25, 0.3) is 0 Å². The van der Waals surface area contributed by atoms with Gasteiger partial charge in [0.05, 0.1) is 11.9 Å². The Bertz CT molecular complexity index is 472. The Morgan fingerprint density at radius 1 is 1.25 bits per heavy atom. The minimum absolute atomic E-state index is 0.234. The number of hydrogen-bond acceptors (Lipinski definition) is 3. The fourth-order valence-corrected chi connectivity index (χ4v) is 1.59. The van der Waals surface area contributed by atoms with Gasteiger partial charge in [-0.3, -0.25) is 9.97 Å². The van der Waals surface area contributed by atoms with Crippen molar-refractivity contribution in [3.8, 4) is 0 Å². The smallest absolute Gasteiger partial charge is 0.125 e. The lowest BCUT2D eigenvalue weighted by molar-refractivity contribution is 0.214. The van der Waals surface area contributed by atoms with Crippen LogP contribution < -0.4 is 0 Å². The highest BCUT2D eigenvalue weighted by atomic mass is 35.5. The summed E-state index contributed by atoms with van der Waals surface area (Å²) in [5.74, 6) is -0.495. The molecule has 0 bridgehead atoms. The van der Waals surface area contributed by atoms with Gasteiger partial charge in [0.25, 0.3) is 0 Å². The van der Waals surface area contributed by atoms with Crippen LogP contribution in [0.5, 0.6) is 0 Å². The molecule has 2 aromatic rings. The molecule has 1 aromatic carbocycles. The Morgan fingerprint density at radius 3 is 2.69 bits per heavy atom. The van der Waals surface area contributed by atoms with E-state index in [1.807, 2.05) is 0 Å². The lowest BCUT2D eigenvalue weighted by atomic mass is 10.1. The molecule has 0 aliphatic carbocycles. The van der Waals surface area contributed by atoms with E-state index in [2.05, 4.69) is 9.97 Å². The highest BCUT2D eigenvalue weighted by Gasteiger charge is 2.13. The first-order chi connectivity index (χ1) is 7.66. The van der Waals surface area contributed by atoms with Crippen molar-refractivity contribution in [2.45, 2.75) is 6.10 Å². The van der Waals surface area contributed by atoms with Crippen LogP contribution in [0.2, 0.25) is 5.02 Å². The van der Waals surface area contributed by atoms with Gasteiger partial charge in [0.2, 0.25) is 0 Å². The van der Waals surface area contributed by atoms with Crippen molar-refractivity contribution >= 4 is 11.6 Å². The number of nitrogens with zero attached hydrogens (tertiary/aromatic N) is 2. The Kier molecular flexibility index (Phi) is 3.12. The van der Waals surface area contributed by atoms with E-state index >= 15 is 0 Å². The molecule has 1 aromatic heterocycles. The maximum Gasteiger partial charge on any atom is 0.125 e. The minimum atomic E-state index is -1.03. The molecule has 1 N–H and O–H groups in total. The summed E-state index contributed by atoms with van der Waals surface area (Å²) in [6.45, 7) is 0. The Balaban J connectivity index is 2.37. The zero-order valence-corrected chi connectivity index (χ0v) is 8.89. The molecule has 0 aliphatic heterocycles. The highest BCUT2D eigenvalue weighted by molar-refractivity contribution is 6.30. The number of benzene rings is 1. The first-order valence-electron chi connectivity index (χ1n) is 4.57. The summed E-state index contributed by atoms with van der Waals surface area (Å²) in [5, 5.41) is 10.1. The molecule has 0 amide bonds. The Hall–Kier alpha value is -1.52. The minimum Gasteiger partial charge on any atom is -0.382 e. The molecule has 5 heteroatoms. The van der Waals surface area contributed by atoms with E-state index in [-0.39, 0.29) is 5.02 Å². The Morgan fingerprint density at radius 2 is 2.06 bits per heavy atom. The lowest BCUT2D eigenvalue weighted by Crippen LogP contribution is -2.03. The van der Waals surface area contributed by atoms with Crippen LogP contribution in [0.15, 0.2) is 36.8 Å². The van der Waals surface area contributed by atoms with E-state index in [1.165, 1.54) is 36.8 Å². The van der Waals surface area contributed by atoms with E-state index in [9.17, 15) is 9.50 Å². The van der Waals surface area contributed by atoms with Crippen molar-refractivity contribution in [1.29, 1.82) is 0 Å². The molecule has 1 heterocycles. The van der Waals surface area contributed by atoms with Gasteiger partial charge >= 0.3 is 0 Å². The van der Waals surface area contributed by atoms with Crippen molar-refractivity contribution < 1.29 is 9.50 Å². The van der Waals surface area contributed by atoms with Gasteiger partial charge in [0, 0.05) is 17.4 Å². The van der Waals surface area contributed by atoms with E-state index in [0.29, 0.717) is 11.3 Å². The molecule has 0 spiro atoms. The molecule has 0 fully saturated rings. The van der Waals surface area contributed by atoms with Crippen LogP contribution in [0.4, 0.5) is 4.39 Å². The molecule has 2 rings (SSSR count). The van der Waals surface area contributed by atoms with Crippen molar-refractivity contribution in [1.82, 2.24) is 9.97 Å². The van der Waals surface area contributed by atoms with Gasteiger partial charge in [0.15, 0.2) is 0 Å². The summed E-state index contributed by atoms with van der Waals surface area (Å²) in [6.07, 6.45) is 3.35. The number of rotatable bonds is 2. The summed E-state index contributed by atoms with van der Waals surface area (Å²) in [5.41, 5.74) is 0.703. The van der Waals surface area contributed by atoms with Gasteiger partial charge in [-0.1, -0.05) is 11.6 Å². The van der Waals surface area contributed by atoms with Crippen molar-refractivity contribution in [2.24, 2.45) is 0 Å². The number of halogens is 2. The molecular formula is C11H8ClFN2O. The van der Waals surface area contributed by atoms with Crippen molar-refractivity contribution in [2.75, 3.05) is 0 Å². The molecule has 16 heavy (non-hydrogen) atoms. The van der Waals surface area contributed by atoms with E-state index in [1.54, 1.807) is 0 Å². The van der Waals surface area contributed by atoms with Gasteiger partial charge in [-0.15, -0.1) is 0 Å². The highest BCUT2D eigenvalue weighted by Crippen LogP contribution is 2.23. The Labute approximate surface area is 96.6 Å². The third kappa shape index (κ3) is 2.35. The third-order valence-corrected chi connectivity index (χ3v) is 2.28. The summed E-state index contributed by atoms with van der Waals surface area (Å²) < 4.78 is 13.1. The zero-order chi connectivity index (χ0) is 11.5. The first-order valence-corrected chi connectivity index (χ1v) is 4.94. The third-order valence-electron chi connectivity index (χ3n) is 2.06. The first kappa shape index (κ1) is 11.0. The fourth-order valence-electron chi connectivity index (χ4n) is 1.36. The van der Waals surface area contributed by atoms with Crippen LogP contribution >= 0.6 is 11.6 Å². The van der Waals surface area contributed by atoms with Gasteiger partial charge in [-0.2, -0.15) is 0 Å². The van der Waals surface area contributed by atoms with Gasteiger partial charge < -0.3 is 5.11 Å². The van der Waals surface area contributed by atoms with Gasteiger partial charge in [0.1, 0.15) is 11.9 Å². The predicted molar refractivity (Wildman–Crippen MR) is 57.5 cm³/mol. The molecule has 0 saturated heterocycles. The number of hydrogen-bond donors (Lipinski definition) is 1. The molecule has 0 saturated carbocycles. The normalized spacial score (nSPS) is 12.4. The van der Waals surface area contributed by atoms with Crippen LogP contribution in [0.3, 0.4) is 0 Å². The molecule has 82 valence electrons. The number of aromatic nitrogens is 2. The molecule has 1 atom stereocenters. The second kappa shape index (κ2) is 4.55. The summed E-state index contributed by atoms with van der Waals surface area (Å²) in [7, 11) is 0. The topological polar surface area (TPSA) is 46.0 Å². The SMILES string of the molecule is OC(c1cc(F)cc(Cl)c1)c1cnccn1. The summed E-state index contributed by atoms with van der Waals surface area (Å²) in [4.78, 5) is 7.76. The molecule has 0 radical (unpaired) electrons. The summed E-state index contributed by atoms with van der Waals surface area (Å²) in [6, 6.07) is 3.88. The van der Waals surface area contributed by atoms with Gasteiger partial charge in [-0.25, -0.2) is 4.39 Å². The average Bonchev–Trinajstić information content (AvgIpc) is 2.28. The lowest BCUT2D eigenvalue weighted by Gasteiger charge is -2.10. The zero-order valence-electron chi connectivity index (χ0n) is 8.14. The van der Waals surface area contributed by atoms with Gasteiger partial charge in [-0.05, 0) is 23.8 Å². The second-order valence-corrected chi connectivity index (χ2v) is 3.67. The molecule has 1 unspecified atom stereocenters. The van der Waals surface area contributed by atoms with E-state index in [4.69, 9.17) is 11.6 Å². The standard InChI is InChI=1S/C11H8ClFN2O/c12-8-3-7(4-9(13)5-8)11(16)10-6-14-1-2-15-10/h1-6,11,16H. The molecule has 0 aliphatic rings.